The number of hydrogen-bond donors (Lipinski definition) is 1. The number of carbonyl (C=O) groups excluding carboxylic acids is 1. The van der Waals surface area contributed by atoms with Crippen LogP contribution in [-0.4, -0.2) is 41.6 Å². The van der Waals surface area contributed by atoms with Gasteiger partial charge in [0.1, 0.15) is 5.76 Å². The fraction of sp³-hybridized carbons (Fsp3) is 0.789. The van der Waals surface area contributed by atoms with E-state index in [1.54, 1.807) is 0 Å². The minimum atomic E-state index is -0.130. The fourth-order valence-corrected chi connectivity index (χ4v) is 3.44. The summed E-state index contributed by atoms with van der Waals surface area (Å²) in [6.45, 7) is 17.9. The highest BCUT2D eigenvalue weighted by Gasteiger charge is 2.35. The molecule has 1 amide bonds. The van der Waals surface area contributed by atoms with E-state index >= 15 is 0 Å². The summed E-state index contributed by atoms with van der Waals surface area (Å²) in [4.78, 5) is 15.1. The summed E-state index contributed by atoms with van der Waals surface area (Å²) < 4.78 is 5.27. The zero-order valence-corrected chi connectivity index (χ0v) is 16.5. The maximum atomic E-state index is 12.7. The standard InChI is InChI=1S/C19H35N3O2/c1-8-16-14(6)17(21-24-16)18(23)20-15(7)19(9-2,10-3)13-22(11-4)12-5/h15H,8-13H2,1-7H3,(H,20,23). The van der Waals surface area contributed by atoms with Gasteiger partial charge in [-0.15, -0.1) is 0 Å². The smallest absolute Gasteiger partial charge is 0.273 e. The molecule has 5 heteroatoms. The summed E-state index contributed by atoms with van der Waals surface area (Å²) in [6.07, 6.45) is 2.80. The maximum absolute atomic E-state index is 12.7. The van der Waals surface area contributed by atoms with Gasteiger partial charge in [0.15, 0.2) is 5.69 Å². The Labute approximate surface area is 147 Å². The summed E-state index contributed by atoms with van der Waals surface area (Å²) in [7, 11) is 0. The summed E-state index contributed by atoms with van der Waals surface area (Å²) >= 11 is 0. The molecule has 138 valence electrons. The van der Waals surface area contributed by atoms with Gasteiger partial charge in [0.25, 0.3) is 5.91 Å². The van der Waals surface area contributed by atoms with Gasteiger partial charge in [0, 0.05) is 30.0 Å². The second kappa shape index (κ2) is 9.21. The van der Waals surface area contributed by atoms with E-state index in [0.717, 1.165) is 50.2 Å². The molecule has 0 saturated heterocycles. The van der Waals surface area contributed by atoms with Crippen molar-refractivity contribution >= 4 is 5.91 Å². The van der Waals surface area contributed by atoms with E-state index in [-0.39, 0.29) is 17.4 Å². The van der Waals surface area contributed by atoms with Crippen LogP contribution in [0.4, 0.5) is 0 Å². The van der Waals surface area contributed by atoms with Crippen LogP contribution in [-0.2, 0) is 6.42 Å². The van der Waals surface area contributed by atoms with E-state index in [4.69, 9.17) is 4.52 Å². The highest BCUT2D eigenvalue weighted by molar-refractivity contribution is 5.93. The van der Waals surface area contributed by atoms with Gasteiger partial charge in [-0.1, -0.05) is 39.8 Å². The van der Waals surface area contributed by atoms with Crippen LogP contribution in [0.5, 0.6) is 0 Å². The van der Waals surface area contributed by atoms with Crippen molar-refractivity contribution in [3.05, 3.63) is 17.0 Å². The average Bonchev–Trinajstić information content (AvgIpc) is 2.97. The van der Waals surface area contributed by atoms with Crippen LogP contribution in [0.3, 0.4) is 0 Å². The Kier molecular flexibility index (Phi) is 7.94. The number of nitrogens with one attached hydrogen (secondary N) is 1. The number of aromatic nitrogens is 1. The topological polar surface area (TPSA) is 58.4 Å². The Morgan fingerprint density at radius 2 is 1.79 bits per heavy atom. The molecule has 0 aliphatic rings. The van der Waals surface area contributed by atoms with Crippen molar-refractivity contribution in [2.24, 2.45) is 5.41 Å². The molecular weight excluding hydrogens is 302 g/mol. The first kappa shape index (κ1) is 20.7. The third-order valence-electron chi connectivity index (χ3n) is 5.66. The van der Waals surface area contributed by atoms with E-state index in [1.165, 1.54) is 0 Å². The third-order valence-corrected chi connectivity index (χ3v) is 5.66. The molecule has 1 aromatic rings. The molecule has 0 fully saturated rings. The van der Waals surface area contributed by atoms with Crippen molar-refractivity contribution in [3.8, 4) is 0 Å². The predicted octanol–water partition coefficient (Wildman–Crippen LogP) is 3.81. The van der Waals surface area contributed by atoms with Gasteiger partial charge in [0.2, 0.25) is 0 Å². The Bertz CT molecular complexity index is 517. The molecule has 1 aromatic heterocycles. The van der Waals surface area contributed by atoms with E-state index in [2.05, 4.69) is 50.0 Å². The lowest BCUT2D eigenvalue weighted by Crippen LogP contribution is -2.51. The second-order valence-corrected chi connectivity index (χ2v) is 6.66. The molecule has 1 heterocycles. The molecule has 5 nitrogen and oxygen atoms in total. The van der Waals surface area contributed by atoms with Gasteiger partial charge in [0.05, 0.1) is 0 Å². The normalized spacial score (nSPS) is 13.3. The van der Waals surface area contributed by atoms with Crippen molar-refractivity contribution in [2.45, 2.75) is 73.8 Å². The zero-order valence-electron chi connectivity index (χ0n) is 16.5. The van der Waals surface area contributed by atoms with Crippen LogP contribution in [0.25, 0.3) is 0 Å². The molecule has 1 rings (SSSR count). The SMILES string of the molecule is CCc1onc(C(=O)NC(C)C(CC)(CC)CN(CC)CC)c1C. The van der Waals surface area contributed by atoms with Crippen LogP contribution >= 0.6 is 0 Å². The Balaban J connectivity index is 2.93. The van der Waals surface area contributed by atoms with Crippen molar-refractivity contribution < 1.29 is 9.32 Å². The Morgan fingerprint density at radius 1 is 1.21 bits per heavy atom. The van der Waals surface area contributed by atoms with Crippen LogP contribution in [0.2, 0.25) is 0 Å². The molecule has 0 aromatic carbocycles. The minimum absolute atomic E-state index is 0.0624. The predicted molar refractivity (Wildman–Crippen MR) is 98.3 cm³/mol. The molecular formula is C19H35N3O2. The highest BCUT2D eigenvalue weighted by atomic mass is 16.5. The Hall–Kier alpha value is -1.36. The number of rotatable bonds is 10. The van der Waals surface area contributed by atoms with Crippen LogP contribution in [0.1, 0.15) is 76.2 Å². The molecule has 0 saturated carbocycles. The number of nitrogens with zero attached hydrogens (tertiary/aromatic N) is 2. The highest BCUT2D eigenvalue weighted by Crippen LogP contribution is 2.32. The molecule has 0 aliphatic heterocycles. The summed E-state index contributed by atoms with van der Waals surface area (Å²) in [5.41, 5.74) is 1.33. The monoisotopic (exact) mass is 337 g/mol. The quantitative estimate of drug-likeness (QED) is 0.705. The van der Waals surface area contributed by atoms with Gasteiger partial charge in [-0.2, -0.15) is 0 Å². The van der Waals surface area contributed by atoms with E-state index in [0.29, 0.717) is 5.69 Å². The summed E-state index contributed by atoms with van der Waals surface area (Å²) in [6, 6.07) is 0.0711. The molecule has 0 aliphatic carbocycles. The van der Waals surface area contributed by atoms with Gasteiger partial charge in [-0.25, -0.2) is 0 Å². The maximum Gasteiger partial charge on any atom is 0.273 e. The average molecular weight is 338 g/mol. The lowest BCUT2D eigenvalue weighted by Gasteiger charge is -2.41. The first-order valence-corrected chi connectivity index (χ1v) is 9.37. The lowest BCUT2D eigenvalue weighted by molar-refractivity contribution is 0.0776. The minimum Gasteiger partial charge on any atom is -0.360 e. The molecule has 24 heavy (non-hydrogen) atoms. The molecule has 0 bridgehead atoms. The molecule has 0 spiro atoms. The van der Waals surface area contributed by atoms with Crippen LogP contribution in [0, 0.1) is 12.3 Å². The van der Waals surface area contributed by atoms with Crippen LogP contribution in [0.15, 0.2) is 4.52 Å². The molecule has 1 N–H and O–H groups in total. The Morgan fingerprint density at radius 3 is 2.21 bits per heavy atom. The van der Waals surface area contributed by atoms with Gasteiger partial charge < -0.3 is 14.7 Å². The zero-order chi connectivity index (χ0) is 18.3. The number of hydrogen-bond acceptors (Lipinski definition) is 4. The van der Waals surface area contributed by atoms with Crippen molar-refractivity contribution in [1.29, 1.82) is 0 Å². The fourth-order valence-electron chi connectivity index (χ4n) is 3.44. The van der Waals surface area contributed by atoms with E-state index in [1.807, 2.05) is 13.8 Å². The summed E-state index contributed by atoms with van der Waals surface area (Å²) in [5.74, 6) is 0.655. The number of amides is 1. The lowest BCUT2D eigenvalue weighted by atomic mass is 9.75. The van der Waals surface area contributed by atoms with E-state index < -0.39 is 0 Å². The van der Waals surface area contributed by atoms with E-state index in [9.17, 15) is 4.79 Å². The summed E-state index contributed by atoms with van der Waals surface area (Å²) in [5, 5.41) is 7.15. The number of aryl methyl sites for hydroxylation is 1. The van der Waals surface area contributed by atoms with Crippen molar-refractivity contribution in [1.82, 2.24) is 15.4 Å². The second-order valence-electron chi connectivity index (χ2n) is 6.66. The van der Waals surface area contributed by atoms with Crippen LogP contribution < -0.4 is 5.32 Å². The molecule has 1 atom stereocenters. The van der Waals surface area contributed by atoms with Gasteiger partial charge in [-0.3, -0.25) is 4.79 Å². The first-order chi connectivity index (χ1) is 11.4. The molecule has 1 unspecified atom stereocenters. The third kappa shape index (κ3) is 4.38. The van der Waals surface area contributed by atoms with Gasteiger partial charge in [-0.05, 0) is 39.8 Å². The number of carbonyl (C=O) groups is 1. The van der Waals surface area contributed by atoms with Gasteiger partial charge >= 0.3 is 0 Å². The first-order valence-electron chi connectivity index (χ1n) is 9.37. The molecule has 0 radical (unpaired) electrons. The van der Waals surface area contributed by atoms with Crippen molar-refractivity contribution in [3.63, 3.8) is 0 Å². The largest absolute Gasteiger partial charge is 0.360 e. The van der Waals surface area contributed by atoms with Crippen molar-refractivity contribution in [2.75, 3.05) is 19.6 Å².